The highest BCUT2D eigenvalue weighted by Crippen LogP contribution is 2.41. The van der Waals surface area contributed by atoms with Gasteiger partial charge in [0.1, 0.15) is 17.4 Å². The molecule has 11 heteroatoms. The lowest BCUT2D eigenvalue weighted by Crippen LogP contribution is -2.23. The van der Waals surface area contributed by atoms with E-state index in [1.54, 1.807) is 0 Å². The monoisotopic (exact) mass is 426 g/mol. The van der Waals surface area contributed by atoms with Gasteiger partial charge < -0.3 is 14.2 Å². The Labute approximate surface area is 168 Å². The van der Waals surface area contributed by atoms with E-state index in [9.17, 15) is 28.1 Å². The van der Waals surface area contributed by atoms with Crippen LogP contribution in [0.4, 0.5) is 23.7 Å². The number of ether oxygens (including phenoxy) is 3. The van der Waals surface area contributed by atoms with Gasteiger partial charge in [0.15, 0.2) is 0 Å². The van der Waals surface area contributed by atoms with Crippen molar-refractivity contribution in [2.24, 2.45) is 0 Å². The number of nitro benzene ring substituents is 1. The normalized spacial score (nSPS) is 18.7. The quantitative estimate of drug-likeness (QED) is 0.291. The second-order valence-electron chi connectivity index (χ2n) is 6.62. The van der Waals surface area contributed by atoms with Crippen LogP contribution in [-0.2, 0) is 10.9 Å². The molecule has 160 valence electrons. The number of halogens is 3. The molecule has 0 unspecified atom stereocenters. The number of methoxy groups -OCH3 is 1. The van der Waals surface area contributed by atoms with Gasteiger partial charge in [-0.15, -0.1) is 0 Å². The number of pyridine rings is 1. The molecule has 0 aliphatic heterocycles. The molecule has 2 aromatic rings. The lowest BCUT2D eigenvalue weighted by Gasteiger charge is -2.21. The zero-order valence-corrected chi connectivity index (χ0v) is 15.7. The molecule has 0 N–H and O–H groups in total. The fourth-order valence-corrected chi connectivity index (χ4v) is 3.37. The van der Waals surface area contributed by atoms with Crippen molar-refractivity contribution in [2.75, 3.05) is 7.11 Å². The van der Waals surface area contributed by atoms with Gasteiger partial charge in [0, 0.05) is 24.2 Å². The highest BCUT2D eigenvalue weighted by atomic mass is 19.4. The minimum absolute atomic E-state index is 0.0469. The third-order valence-corrected chi connectivity index (χ3v) is 4.75. The van der Waals surface area contributed by atoms with Crippen molar-refractivity contribution >= 4 is 11.8 Å². The molecule has 0 amide bonds. The molecular weight excluding hydrogens is 409 g/mol. The van der Waals surface area contributed by atoms with E-state index >= 15 is 0 Å². The second-order valence-corrected chi connectivity index (χ2v) is 6.62. The molecule has 0 spiro atoms. The maximum Gasteiger partial charge on any atom is 0.514 e. The number of carbonyl (C=O) groups excluding carboxylic acids is 1. The standard InChI is InChI=1S/C19H17F3N2O6/c1-28-17-15(19(20,21)22)9-11(10-23-17)14-3-2-4-16(14)30-18(25)29-13-7-5-12(6-8-13)24(26)27/h5-10,14,16H,2-4H2,1H3/t14-,16-/m1/s1. The van der Waals surface area contributed by atoms with Crippen molar-refractivity contribution in [2.45, 2.75) is 37.5 Å². The van der Waals surface area contributed by atoms with E-state index in [4.69, 9.17) is 14.2 Å². The Morgan fingerprint density at radius 1 is 1.23 bits per heavy atom. The third kappa shape index (κ3) is 4.78. The number of non-ortho nitro benzene ring substituents is 1. The van der Waals surface area contributed by atoms with E-state index in [-0.39, 0.29) is 17.0 Å². The highest BCUT2D eigenvalue weighted by Gasteiger charge is 2.38. The number of hydrogen-bond donors (Lipinski definition) is 0. The predicted molar refractivity (Wildman–Crippen MR) is 96.4 cm³/mol. The molecule has 1 aromatic carbocycles. The van der Waals surface area contributed by atoms with Gasteiger partial charge >= 0.3 is 12.3 Å². The van der Waals surface area contributed by atoms with Crippen molar-refractivity contribution in [1.82, 2.24) is 4.98 Å². The summed E-state index contributed by atoms with van der Waals surface area (Å²) in [6, 6.07) is 5.79. The van der Waals surface area contributed by atoms with Crippen LogP contribution in [0.5, 0.6) is 11.6 Å². The molecule has 0 saturated heterocycles. The van der Waals surface area contributed by atoms with Gasteiger partial charge in [-0.1, -0.05) is 0 Å². The molecule has 3 rings (SSSR count). The molecule has 1 saturated carbocycles. The molecule has 0 radical (unpaired) electrons. The fraction of sp³-hybridized carbons (Fsp3) is 0.368. The predicted octanol–water partition coefficient (Wildman–Crippen LogP) is 4.87. The molecule has 1 heterocycles. The van der Waals surface area contributed by atoms with Gasteiger partial charge in [0.25, 0.3) is 5.69 Å². The van der Waals surface area contributed by atoms with E-state index in [0.29, 0.717) is 19.3 Å². The number of nitro groups is 1. The van der Waals surface area contributed by atoms with E-state index in [0.717, 1.165) is 13.2 Å². The first-order valence-electron chi connectivity index (χ1n) is 8.93. The smallest absolute Gasteiger partial charge is 0.481 e. The highest BCUT2D eigenvalue weighted by molar-refractivity contribution is 5.64. The molecule has 1 aliphatic carbocycles. The number of hydrogen-bond acceptors (Lipinski definition) is 7. The molecule has 8 nitrogen and oxygen atoms in total. The second kappa shape index (κ2) is 8.56. The maximum absolute atomic E-state index is 13.3. The van der Waals surface area contributed by atoms with Crippen LogP contribution in [-0.4, -0.2) is 29.3 Å². The molecule has 1 aromatic heterocycles. The van der Waals surface area contributed by atoms with Crippen molar-refractivity contribution in [3.8, 4) is 11.6 Å². The first-order valence-corrected chi connectivity index (χ1v) is 8.93. The van der Waals surface area contributed by atoms with E-state index < -0.39 is 40.7 Å². The van der Waals surface area contributed by atoms with Crippen LogP contribution >= 0.6 is 0 Å². The Kier molecular flexibility index (Phi) is 6.09. The Hall–Kier alpha value is -3.37. The number of aromatic nitrogens is 1. The van der Waals surface area contributed by atoms with Gasteiger partial charge in [-0.3, -0.25) is 10.1 Å². The minimum atomic E-state index is -4.64. The average molecular weight is 426 g/mol. The summed E-state index contributed by atoms with van der Waals surface area (Å²) in [5.41, 5.74) is -0.880. The zero-order valence-electron chi connectivity index (χ0n) is 15.7. The van der Waals surface area contributed by atoms with E-state index in [1.807, 2.05) is 0 Å². The number of carbonyl (C=O) groups is 1. The van der Waals surface area contributed by atoms with Crippen LogP contribution in [0.25, 0.3) is 0 Å². The fourth-order valence-electron chi connectivity index (χ4n) is 3.37. The molecule has 0 bridgehead atoms. The van der Waals surface area contributed by atoms with Crippen molar-refractivity contribution in [3.05, 3.63) is 57.8 Å². The lowest BCUT2D eigenvalue weighted by molar-refractivity contribution is -0.384. The Balaban J connectivity index is 1.71. The van der Waals surface area contributed by atoms with Crippen molar-refractivity contribution in [1.29, 1.82) is 0 Å². The number of nitrogens with zero attached hydrogens (tertiary/aromatic N) is 2. The summed E-state index contributed by atoms with van der Waals surface area (Å²) >= 11 is 0. The topological polar surface area (TPSA) is 101 Å². The summed E-state index contributed by atoms with van der Waals surface area (Å²) < 4.78 is 54.8. The average Bonchev–Trinajstić information content (AvgIpc) is 3.15. The van der Waals surface area contributed by atoms with Gasteiger partial charge in [-0.05, 0) is 43.0 Å². The summed E-state index contributed by atoms with van der Waals surface area (Å²) in [5.74, 6) is -0.959. The summed E-state index contributed by atoms with van der Waals surface area (Å²) in [7, 11) is 1.10. The van der Waals surface area contributed by atoms with Crippen LogP contribution in [0, 0.1) is 10.1 Å². The minimum Gasteiger partial charge on any atom is -0.481 e. The maximum atomic E-state index is 13.3. The Morgan fingerprint density at radius 2 is 1.93 bits per heavy atom. The summed E-state index contributed by atoms with van der Waals surface area (Å²) in [5, 5.41) is 10.7. The van der Waals surface area contributed by atoms with Crippen LogP contribution in [0.15, 0.2) is 36.5 Å². The number of rotatable bonds is 5. The Bertz CT molecular complexity index is 933. The molecule has 30 heavy (non-hydrogen) atoms. The van der Waals surface area contributed by atoms with Crippen LogP contribution in [0.3, 0.4) is 0 Å². The lowest BCUT2D eigenvalue weighted by atomic mass is 9.96. The number of alkyl halides is 3. The van der Waals surface area contributed by atoms with Crippen molar-refractivity contribution in [3.63, 3.8) is 0 Å². The molecule has 1 aliphatic rings. The summed E-state index contributed by atoms with van der Waals surface area (Å²) in [4.78, 5) is 25.9. The first-order chi connectivity index (χ1) is 14.2. The van der Waals surface area contributed by atoms with E-state index in [2.05, 4.69) is 4.98 Å². The molecule has 2 atom stereocenters. The molecular formula is C19H17F3N2O6. The SMILES string of the molecule is COc1ncc([C@H]2CCC[C@H]2OC(=O)Oc2ccc([N+](=O)[O-])cc2)cc1C(F)(F)F. The summed E-state index contributed by atoms with van der Waals surface area (Å²) in [6.07, 6.45) is -3.48. The van der Waals surface area contributed by atoms with Crippen molar-refractivity contribution < 1.29 is 37.1 Å². The number of benzene rings is 1. The van der Waals surface area contributed by atoms with Gasteiger partial charge in [-0.25, -0.2) is 9.78 Å². The van der Waals surface area contributed by atoms with Gasteiger partial charge in [0.2, 0.25) is 5.88 Å². The van der Waals surface area contributed by atoms with E-state index in [1.165, 1.54) is 30.5 Å². The van der Waals surface area contributed by atoms with Crippen LogP contribution in [0.1, 0.15) is 36.3 Å². The largest absolute Gasteiger partial charge is 0.514 e. The zero-order chi connectivity index (χ0) is 21.9. The van der Waals surface area contributed by atoms with Gasteiger partial charge in [0.05, 0.1) is 12.0 Å². The van der Waals surface area contributed by atoms with Crippen LogP contribution < -0.4 is 9.47 Å². The third-order valence-electron chi connectivity index (χ3n) is 4.75. The van der Waals surface area contributed by atoms with Crippen LogP contribution in [0.2, 0.25) is 0 Å². The summed E-state index contributed by atoms with van der Waals surface area (Å²) in [6.45, 7) is 0. The Morgan fingerprint density at radius 3 is 2.53 bits per heavy atom. The molecule has 1 fully saturated rings. The first kappa shape index (κ1) is 21.3. The van der Waals surface area contributed by atoms with Gasteiger partial charge in [-0.2, -0.15) is 13.2 Å².